The molecule has 0 spiro atoms. The molecule has 2 fully saturated rings. The second-order valence-electron chi connectivity index (χ2n) is 7.16. The fourth-order valence-electron chi connectivity index (χ4n) is 4.01. The molecule has 1 amide bonds. The van der Waals surface area contributed by atoms with Gasteiger partial charge in [0.25, 0.3) is 0 Å². The van der Waals surface area contributed by atoms with Crippen molar-refractivity contribution >= 4 is 17.5 Å². The highest BCUT2D eigenvalue weighted by Gasteiger charge is 2.41. The minimum Gasteiger partial charge on any atom is -0.335 e. The van der Waals surface area contributed by atoms with Gasteiger partial charge in [-0.15, -0.1) is 0 Å². The summed E-state index contributed by atoms with van der Waals surface area (Å²) in [6.45, 7) is 2.86. The number of halogens is 2. The van der Waals surface area contributed by atoms with Crippen LogP contribution in [0.25, 0.3) is 0 Å². The summed E-state index contributed by atoms with van der Waals surface area (Å²) >= 11 is 5.90. The molecule has 0 saturated carbocycles. The molecule has 2 saturated heterocycles. The van der Waals surface area contributed by atoms with Crippen molar-refractivity contribution in [3.05, 3.63) is 64.7 Å². The molecule has 2 aliphatic rings. The van der Waals surface area contributed by atoms with E-state index in [1.54, 1.807) is 18.3 Å². The van der Waals surface area contributed by atoms with E-state index in [1.807, 2.05) is 23.1 Å². The van der Waals surface area contributed by atoms with E-state index >= 15 is 0 Å². The molecule has 0 radical (unpaired) electrons. The largest absolute Gasteiger partial charge is 0.335 e. The van der Waals surface area contributed by atoms with Gasteiger partial charge < -0.3 is 4.90 Å². The van der Waals surface area contributed by atoms with Gasteiger partial charge in [0, 0.05) is 19.3 Å². The number of nitrogens with zero attached hydrogens (tertiary/aromatic N) is 3. The number of amides is 1. The van der Waals surface area contributed by atoms with Crippen LogP contribution in [0.5, 0.6) is 0 Å². The summed E-state index contributed by atoms with van der Waals surface area (Å²) in [6.07, 6.45) is 3.72. The summed E-state index contributed by atoms with van der Waals surface area (Å²) < 4.78 is 13.4. The first-order valence-electron chi connectivity index (χ1n) is 8.97. The molecule has 0 aliphatic carbocycles. The normalized spacial score (nSPS) is 23.3. The number of carbonyl (C=O) groups is 1. The highest BCUT2D eigenvalue weighted by molar-refractivity contribution is 6.30. The SMILES string of the molecule is O=C1[C@H]2C[C@H](CCN2Cc2ccc(F)c(Cl)c2)CN1Cc1ccccn1. The topological polar surface area (TPSA) is 36.4 Å². The lowest BCUT2D eigenvalue weighted by atomic mass is 9.85. The van der Waals surface area contributed by atoms with Gasteiger partial charge in [0.05, 0.1) is 23.3 Å². The van der Waals surface area contributed by atoms with E-state index in [-0.39, 0.29) is 17.0 Å². The molecule has 4 nitrogen and oxygen atoms in total. The van der Waals surface area contributed by atoms with Crippen LogP contribution in [-0.4, -0.2) is 39.8 Å². The number of fused-ring (bicyclic) bond motifs is 2. The third-order valence-electron chi connectivity index (χ3n) is 5.35. The van der Waals surface area contributed by atoms with Crippen LogP contribution in [0.4, 0.5) is 4.39 Å². The third kappa shape index (κ3) is 3.60. The first kappa shape index (κ1) is 17.4. The molecule has 136 valence electrons. The van der Waals surface area contributed by atoms with Crippen molar-refractivity contribution in [1.82, 2.24) is 14.8 Å². The second-order valence-corrected chi connectivity index (χ2v) is 7.57. The van der Waals surface area contributed by atoms with Crippen molar-refractivity contribution < 1.29 is 9.18 Å². The number of hydrogen-bond acceptors (Lipinski definition) is 3. The van der Waals surface area contributed by atoms with Gasteiger partial charge in [0.1, 0.15) is 5.82 Å². The van der Waals surface area contributed by atoms with E-state index in [0.29, 0.717) is 19.0 Å². The summed E-state index contributed by atoms with van der Waals surface area (Å²) in [6, 6.07) is 10.5. The molecule has 6 heteroatoms. The molecule has 0 unspecified atom stereocenters. The van der Waals surface area contributed by atoms with Crippen molar-refractivity contribution in [3.8, 4) is 0 Å². The van der Waals surface area contributed by atoms with Crippen molar-refractivity contribution in [3.63, 3.8) is 0 Å². The monoisotopic (exact) mass is 373 g/mol. The zero-order valence-corrected chi connectivity index (χ0v) is 15.2. The average molecular weight is 374 g/mol. The Bertz CT molecular complexity index is 801. The van der Waals surface area contributed by atoms with E-state index in [9.17, 15) is 9.18 Å². The maximum Gasteiger partial charge on any atom is 0.240 e. The molecular formula is C20H21ClFN3O. The predicted molar refractivity (Wildman–Crippen MR) is 98.0 cm³/mol. The average Bonchev–Trinajstić information content (AvgIpc) is 2.65. The lowest BCUT2D eigenvalue weighted by Crippen LogP contribution is -2.58. The van der Waals surface area contributed by atoms with Crippen molar-refractivity contribution in [2.75, 3.05) is 13.1 Å². The summed E-state index contributed by atoms with van der Waals surface area (Å²) in [5.41, 5.74) is 1.85. The number of likely N-dealkylation sites (tertiary alicyclic amines) is 2. The fraction of sp³-hybridized carbons (Fsp3) is 0.400. The molecule has 1 aromatic heterocycles. The van der Waals surface area contributed by atoms with E-state index < -0.39 is 5.82 Å². The Hall–Kier alpha value is -1.98. The number of aromatic nitrogens is 1. The van der Waals surface area contributed by atoms with Crippen LogP contribution in [0.15, 0.2) is 42.6 Å². The second kappa shape index (κ2) is 7.33. The predicted octanol–water partition coefficient (Wildman–Crippen LogP) is 3.50. The molecule has 2 atom stereocenters. The van der Waals surface area contributed by atoms with Crippen LogP contribution in [0, 0.1) is 11.7 Å². The molecule has 26 heavy (non-hydrogen) atoms. The van der Waals surface area contributed by atoms with Crippen molar-refractivity contribution in [2.24, 2.45) is 5.92 Å². The summed E-state index contributed by atoms with van der Waals surface area (Å²) in [4.78, 5) is 21.5. The van der Waals surface area contributed by atoms with Crippen LogP contribution in [0.3, 0.4) is 0 Å². The van der Waals surface area contributed by atoms with Gasteiger partial charge in [-0.1, -0.05) is 23.7 Å². The van der Waals surface area contributed by atoms with E-state index in [2.05, 4.69) is 9.88 Å². The standard InChI is InChI=1S/C20H21ClFN3O/c21-17-9-14(4-5-18(17)22)11-24-8-6-15-10-19(24)20(26)25(12-15)13-16-3-1-2-7-23-16/h1-5,7,9,15,19H,6,8,10-13H2/t15-,19+/m0/s1. The van der Waals surface area contributed by atoms with Crippen LogP contribution in [-0.2, 0) is 17.9 Å². The number of carbonyl (C=O) groups excluding carboxylic acids is 1. The number of hydrogen-bond donors (Lipinski definition) is 0. The highest BCUT2D eigenvalue weighted by Crippen LogP contribution is 2.32. The number of pyridine rings is 1. The minimum absolute atomic E-state index is 0.116. The summed E-state index contributed by atoms with van der Waals surface area (Å²) in [5.74, 6) is 0.290. The Labute approximate surface area is 157 Å². The molecular weight excluding hydrogens is 353 g/mol. The van der Waals surface area contributed by atoms with Gasteiger partial charge in [-0.2, -0.15) is 0 Å². The van der Waals surface area contributed by atoms with Gasteiger partial charge in [0.2, 0.25) is 5.91 Å². The zero-order chi connectivity index (χ0) is 18.1. The first-order chi connectivity index (χ1) is 12.6. The zero-order valence-electron chi connectivity index (χ0n) is 14.4. The Morgan fingerprint density at radius 1 is 1.23 bits per heavy atom. The van der Waals surface area contributed by atoms with Gasteiger partial charge >= 0.3 is 0 Å². The number of piperidine rings is 2. The van der Waals surface area contributed by atoms with Crippen molar-refractivity contribution in [1.29, 1.82) is 0 Å². The minimum atomic E-state index is -0.413. The molecule has 2 bridgehead atoms. The lowest BCUT2D eigenvalue weighted by molar-refractivity contribution is -0.146. The van der Waals surface area contributed by atoms with Gasteiger partial charge in [0.15, 0.2) is 0 Å². The van der Waals surface area contributed by atoms with E-state index in [4.69, 9.17) is 11.6 Å². The molecule has 2 aromatic rings. The first-order valence-corrected chi connectivity index (χ1v) is 9.34. The molecule has 3 heterocycles. The van der Waals surface area contributed by atoms with Gasteiger partial charge in [-0.25, -0.2) is 4.39 Å². The molecule has 2 aliphatic heterocycles. The smallest absolute Gasteiger partial charge is 0.240 e. The Morgan fingerprint density at radius 3 is 2.88 bits per heavy atom. The Balaban J connectivity index is 1.49. The number of benzene rings is 1. The number of rotatable bonds is 4. The maximum atomic E-state index is 13.4. The Kier molecular flexibility index (Phi) is 4.92. The lowest BCUT2D eigenvalue weighted by Gasteiger charge is -2.46. The van der Waals surface area contributed by atoms with Crippen LogP contribution in [0.1, 0.15) is 24.1 Å². The maximum absolute atomic E-state index is 13.4. The molecule has 1 aromatic carbocycles. The van der Waals surface area contributed by atoms with Crippen LogP contribution in [0.2, 0.25) is 5.02 Å². The summed E-state index contributed by atoms with van der Waals surface area (Å²) in [7, 11) is 0. The van der Waals surface area contributed by atoms with Gasteiger partial charge in [-0.05, 0) is 55.1 Å². The third-order valence-corrected chi connectivity index (χ3v) is 5.64. The quantitative estimate of drug-likeness (QED) is 0.823. The molecule has 4 rings (SSSR count). The van der Waals surface area contributed by atoms with E-state index in [0.717, 1.165) is 37.2 Å². The Morgan fingerprint density at radius 2 is 2.12 bits per heavy atom. The van der Waals surface area contributed by atoms with Crippen molar-refractivity contribution in [2.45, 2.75) is 32.0 Å². The van der Waals surface area contributed by atoms with Crippen LogP contribution < -0.4 is 0 Å². The van der Waals surface area contributed by atoms with Gasteiger partial charge in [-0.3, -0.25) is 14.7 Å². The summed E-state index contributed by atoms with van der Waals surface area (Å²) in [5, 5.41) is 0.129. The molecule has 0 N–H and O–H groups in total. The van der Waals surface area contributed by atoms with E-state index in [1.165, 1.54) is 6.07 Å². The highest BCUT2D eigenvalue weighted by atomic mass is 35.5. The fourth-order valence-corrected chi connectivity index (χ4v) is 4.22. The van der Waals surface area contributed by atoms with Crippen LogP contribution >= 0.6 is 11.6 Å².